The molecule has 0 aliphatic heterocycles. The number of hydrogen-bond donors (Lipinski definition) is 1. The number of nitrogens with one attached hydrogen (secondary N) is 1. The Kier molecular flexibility index (Phi) is 5.31. The van der Waals surface area contributed by atoms with Crippen molar-refractivity contribution >= 4 is 29.0 Å². The van der Waals surface area contributed by atoms with Gasteiger partial charge in [0, 0.05) is 32.0 Å². The third-order valence-corrected chi connectivity index (χ3v) is 4.25. The summed E-state index contributed by atoms with van der Waals surface area (Å²) in [6.07, 6.45) is 2.68. The molecule has 0 radical (unpaired) electrons. The molecular weight excluding hydrogens is 306 g/mol. The molecule has 0 saturated carbocycles. The zero-order chi connectivity index (χ0) is 15.4. The van der Waals surface area contributed by atoms with Gasteiger partial charge in [-0.05, 0) is 41.8 Å². The summed E-state index contributed by atoms with van der Waals surface area (Å²) in [6, 6.07) is 3.99. The molecule has 1 N–H and O–H groups in total. The molecule has 0 bridgehead atoms. The van der Waals surface area contributed by atoms with Gasteiger partial charge in [0.2, 0.25) is 0 Å². The second kappa shape index (κ2) is 7.00. The fourth-order valence-electron chi connectivity index (χ4n) is 2.17. The summed E-state index contributed by atoms with van der Waals surface area (Å²) in [7, 11) is 3.71. The van der Waals surface area contributed by atoms with Crippen molar-refractivity contribution in [2.75, 3.05) is 7.05 Å². The van der Waals surface area contributed by atoms with E-state index in [2.05, 4.69) is 22.1 Å². The Morgan fingerprint density at radius 2 is 2.33 bits per heavy atom. The zero-order valence-electron chi connectivity index (χ0n) is 12.5. The summed E-state index contributed by atoms with van der Waals surface area (Å²) >= 11 is 7.63. The van der Waals surface area contributed by atoms with Crippen LogP contribution in [0.25, 0.3) is 0 Å². The fraction of sp³-hybridized carbons (Fsp3) is 0.400. The van der Waals surface area contributed by atoms with Crippen LogP contribution in [0.3, 0.4) is 0 Å². The molecule has 1 atom stereocenters. The summed E-state index contributed by atoms with van der Waals surface area (Å²) < 4.78 is 1.93. The second-order valence-electron chi connectivity index (χ2n) is 5.30. The molecule has 0 unspecified atom stereocenters. The summed E-state index contributed by atoms with van der Waals surface area (Å²) in [6.45, 7) is 2.54. The van der Waals surface area contributed by atoms with Gasteiger partial charge in [0.25, 0.3) is 0 Å². The molecule has 0 saturated heterocycles. The van der Waals surface area contributed by atoms with E-state index >= 15 is 0 Å². The first-order chi connectivity index (χ1) is 9.95. The van der Waals surface area contributed by atoms with E-state index in [9.17, 15) is 4.79 Å². The van der Waals surface area contributed by atoms with E-state index < -0.39 is 0 Å². The second-order valence-corrected chi connectivity index (χ2v) is 6.52. The summed E-state index contributed by atoms with van der Waals surface area (Å²) in [5.41, 5.74) is 2.26. The highest BCUT2D eigenvalue weighted by Crippen LogP contribution is 2.14. The molecule has 2 amide bonds. The van der Waals surface area contributed by atoms with Gasteiger partial charge in [0.1, 0.15) is 0 Å². The molecule has 21 heavy (non-hydrogen) atoms. The van der Waals surface area contributed by atoms with Crippen LogP contribution < -0.4 is 5.32 Å². The van der Waals surface area contributed by atoms with Crippen molar-refractivity contribution < 1.29 is 4.79 Å². The van der Waals surface area contributed by atoms with E-state index in [-0.39, 0.29) is 12.1 Å². The van der Waals surface area contributed by atoms with Crippen LogP contribution in [0.15, 0.2) is 29.1 Å². The van der Waals surface area contributed by atoms with Crippen LogP contribution in [0, 0.1) is 0 Å². The van der Waals surface area contributed by atoms with Crippen LogP contribution in [0.2, 0.25) is 5.02 Å². The molecule has 6 heteroatoms. The molecule has 2 rings (SSSR count). The number of amides is 2. The molecule has 2 heterocycles. The molecule has 114 valence electrons. The maximum absolute atomic E-state index is 12.2. The first-order valence-electron chi connectivity index (χ1n) is 6.79. The van der Waals surface area contributed by atoms with Crippen molar-refractivity contribution in [3.63, 3.8) is 0 Å². The van der Waals surface area contributed by atoms with Crippen LogP contribution in [0.1, 0.15) is 18.2 Å². The van der Waals surface area contributed by atoms with Crippen molar-refractivity contribution in [1.82, 2.24) is 14.8 Å². The number of thiophene rings is 1. The molecule has 2 aromatic heterocycles. The Bertz CT molecular complexity index is 594. The first-order valence-corrected chi connectivity index (χ1v) is 8.11. The van der Waals surface area contributed by atoms with Crippen LogP contribution in [0.4, 0.5) is 4.79 Å². The van der Waals surface area contributed by atoms with E-state index in [1.807, 2.05) is 30.8 Å². The molecular formula is C15H20ClN3OS. The topological polar surface area (TPSA) is 37.3 Å². The minimum atomic E-state index is -0.0740. The number of hydrogen-bond acceptors (Lipinski definition) is 2. The lowest BCUT2D eigenvalue weighted by Gasteiger charge is -2.21. The quantitative estimate of drug-likeness (QED) is 0.897. The van der Waals surface area contributed by atoms with Crippen LogP contribution >= 0.6 is 22.9 Å². The zero-order valence-corrected chi connectivity index (χ0v) is 14.0. The van der Waals surface area contributed by atoms with Gasteiger partial charge in [0.15, 0.2) is 0 Å². The monoisotopic (exact) mass is 325 g/mol. The van der Waals surface area contributed by atoms with E-state index in [0.29, 0.717) is 11.6 Å². The van der Waals surface area contributed by atoms with Crippen molar-refractivity contribution in [3.8, 4) is 0 Å². The normalized spacial score (nSPS) is 12.2. The number of carbonyl (C=O) groups excluding carboxylic acids is 1. The molecule has 0 aliphatic carbocycles. The summed E-state index contributed by atoms with van der Waals surface area (Å²) in [4.78, 5) is 13.8. The Morgan fingerprint density at radius 3 is 2.90 bits per heavy atom. The highest BCUT2D eigenvalue weighted by atomic mass is 35.5. The van der Waals surface area contributed by atoms with E-state index in [1.165, 1.54) is 5.56 Å². The van der Waals surface area contributed by atoms with Crippen molar-refractivity contribution in [2.45, 2.75) is 25.9 Å². The van der Waals surface area contributed by atoms with Gasteiger partial charge in [-0.15, -0.1) is 0 Å². The Hall–Kier alpha value is -1.46. The average molecular weight is 326 g/mol. The third-order valence-electron chi connectivity index (χ3n) is 3.31. The highest BCUT2D eigenvalue weighted by Gasteiger charge is 2.14. The summed E-state index contributed by atoms with van der Waals surface area (Å²) in [5.74, 6) is 0. The van der Waals surface area contributed by atoms with Crippen LogP contribution in [-0.4, -0.2) is 28.6 Å². The Balaban J connectivity index is 1.86. The minimum absolute atomic E-state index is 0.0740. The SMILES string of the molecule is C[C@H](Cc1ccsc1)NC(=O)N(C)Cc1cc(Cl)cn1C. The molecule has 4 nitrogen and oxygen atoms in total. The fourth-order valence-corrected chi connectivity index (χ4v) is 3.13. The molecule has 0 fully saturated rings. The van der Waals surface area contributed by atoms with Crippen molar-refractivity contribution in [1.29, 1.82) is 0 Å². The summed E-state index contributed by atoms with van der Waals surface area (Å²) in [5, 5.41) is 7.86. The smallest absolute Gasteiger partial charge is 0.317 e. The van der Waals surface area contributed by atoms with Gasteiger partial charge in [-0.1, -0.05) is 11.6 Å². The van der Waals surface area contributed by atoms with E-state index in [0.717, 1.165) is 12.1 Å². The van der Waals surface area contributed by atoms with Crippen molar-refractivity contribution in [2.24, 2.45) is 7.05 Å². The van der Waals surface area contributed by atoms with Crippen molar-refractivity contribution in [3.05, 3.63) is 45.4 Å². The Labute approximate surface area is 134 Å². The van der Waals surface area contributed by atoms with Gasteiger partial charge in [-0.25, -0.2) is 4.79 Å². The maximum Gasteiger partial charge on any atom is 0.317 e. The largest absolute Gasteiger partial charge is 0.351 e. The minimum Gasteiger partial charge on any atom is -0.351 e. The average Bonchev–Trinajstić information content (AvgIpc) is 2.99. The lowest BCUT2D eigenvalue weighted by molar-refractivity contribution is 0.202. The van der Waals surface area contributed by atoms with Gasteiger partial charge < -0.3 is 14.8 Å². The first kappa shape index (κ1) is 15.9. The number of halogens is 1. The highest BCUT2D eigenvalue weighted by molar-refractivity contribution is 7.07. The number of nitrogens with zero attached hydrogens (tertiary/aromatic N) is 2. The molecule has 0 aromatic carbocycles. The van der Waals surface area contributed by atoms with Crippen LogP contribution in [-0.2, 0) is 20.0 Å². The van der Waals surface area contributed by atoms with Crippen LogP contribution in [0.5, 0.6) is 0 Å². The maximum atomic E-state index is 12.2. The van der Waals surface area contributed by atoms with E-state index in [1.54, 1.807) is 23.3 Å². The predicted molar refractivity (Wildman–Crippen MR) is 87.9 cm³/mol. The number of aromatic nitrogens is 1. The van der Waals surface area contributed by atoms with Gasteiger partial charge in [-0.3, -0.25) is 0 Å². The predicted octanol–water partition coefficient (Wildman–Crippen LogP) is 3.51. The molecule has 0 aliphatic rings. The number of urea groups is 1. The molecule has 2 aromatic rings. The number of aryl methyl sites for hydroxylation is 1. The molecule has 0 spiro atoms. The standard InChI is InChI=1S/C15H20ClN3OS/c1-11(6-12-4-5-21-10-12)17-15(20)19(3)9-14-7-13(16)8-18(14)2/h4-5,7-8,10-11H,6,9H2,1-3H3,(H,17,20)/t11-/m1/s1. The number of carbonyl (C=O) groups is 1. The lowest BCUT2D eigenvalue weighted by atomic mass is 10.1. The van der Waals surface area contributed by atoms with Gasteiger partial charge >= 0.3 is 6.03 Å². The third kappa shape index (κ3) is 4.51. The number of rotatable bonds is 5. The lowest BCUT2D eigenvalue weighted by Crippen LogP contribution is -2.42. The van der Waals surface area contributed by atoms with Gasteiger partial charge in [-0.2, -0.15) is 11.3 Å². The van der Waals surface area contributed by atoms with E-state index in [4.69, 9.17) is 11.6 Å². The van der Waals surface area contributed by atoms with Gasteiger partial charge in [0.05, 0.1) is 11.6 Å². The Morgan fingerprint density at radius 1 is 1.57 bits per heavy atom.